The van der Waals surface area contributed by atoms with Gasteiger partial charge in [-0.25, -0.2) is 8.42 Å². The fourth-order valence-corrected chi connectivity index (χ4v) is 5.43. The van der Waals surface area contributed by atoms with E-state index in [1.54, 1.807) is 24.3 Å². The Morgan fingerprint density at radius 3 is 2.42 bits per heavy atom. The molecule has 0 spiro atoms. The van der Waals surface area contributed by atoms with Gasteiger partial charge in [0.2, 0.25) is 15.9 Å². The van der Waals surface area contributed by atoms with Crippen LogP contribution in [0.2, 0.25) is 0 Å². The minimum Gasteiger partial charge on any atom is -0.351 e. The molecule has 1 atom stereocenters. The van der Waals surface area contributed by atoms with Gasteiger partial charge in [0.05, 0.1) is 4.90 Å². The van der Waals surface area contributed by atoms with Crippen molar-refractivity contribution in [3.05, 3.63) is 65.2 Å². The normalized spacial score (nSPS) is 17.4. The number of aryl methyl sites for hydroxylation is 1. The van der Waals surface area contributed by atoms with Gasteiger partial charge in [-0.3, -0.25) is 9.69 Å². The van der Waals surface area contributed by atoms with Crippen LogP contribution in [-0.2, 0) is 27.9 Å². The van der Waals surface area contributed by atoms with Crippen LogP contribution in [-0.4, -0.2) is 49.2 Å². The molecule has 2 aromatic rings. The van der Waals surface area contributed by atoms with Gasteiger partial charge < -0.3 is 5.32 Å². The van der Waals surface area contributed by atoms with Crippen molar-refractivity contribution in [2.75, 3.05) is 13.6 Å². The number of carbonyl (C=O) groups excluding carboxylic acids is 1. The van der Waals surface area contributed by atoms with Gasteiger partial charge in [0.15, 0.2) is 0 Å². The van der Waals surface area contributed by atoms with Crippen LogP contribution in [0.5, 0.6) is 0 Å². The smallest absolute Gasteiger partial charge is 0.243 e. The van der Waals surface area contributed by atoms with Gasteiger partial charge >= 0.3 is 0 Å². The summed E-state index contributed by atoms with van der Waals surface area (Å²) < 4.78 is 27.6. The lowest BCUT2D eigenvalue weighted by Gasteiger charge is -2.24. The van der Waals surface area contributed by atoms with E-state index in [0.717, 1.165) is 23.2 Å². The summed E-state index contributed by atoms with van der Waals surface area (Å²) in [4.78, 5) is 15.5. The van der Waals surface area contributed by atoms with Gasteiger partial charge in [-0.05, 0) is 63.9 Å². The minimum absolute atomic E-state index is 0.236. The maximum atomic E-state index is 13.1. The first-order valence-electron chi connectivity index (χ1n) is 10.8. The van der Waals surface area contributed by atoms with Crippen LogP contribution in [0.1, 0.15) is 43.4 Å². The summed E-state index contributed by atoms with van der Waals surface area (Å²) in [5.74, 6) is -0.236. The van der Waals surface area contributed by atoms with Crippen LogP contribution in [0.15, 0.2) is 53.4 Å². The van der Waals surface area contributed by atoms with Crippen molar-refractivity contribution >= 4 is 15.9 Å². The molecule has 1 heterocycles. The fourth-order valence-electron chi connectivity index (χ4n) is 3.77. The largest absolute Gasteiger partial charge is 0.351 e. The summed E-state index contributed by atoms with van der Waals surface area (Å²) in [6, 6.07) is 14.6. The highest BCUT2D eigenvalue weighted by atomic mass is 32.2. The molecule has 1 N–H and O–H groups in total. The van der Waals surface area contributed by atoms with Crippen LogP contribution in [0.4, 0.5) is 0 Å². The molecular formula is C24H33N3O3S. The first kappa shape index (κ1) is 23.4. The maximum Gasteiger partial charge on any atom is 0.243 e. The van der Waals surface area contributed by atoms with Crippen LogP contribution >= 0.6 is 0 Å². The van der Waals surface area contributed by atoms with E-state index in [9.17, 15) is 13.2 Å². The number of nitrogens with zero attached hydrogens (tertiary/aromatic N) is 2. The molecule has 0 unspecified atom stereocenters. The highest BCUT2D eigenvalue weighted by Crippen LogP contribution is 2.26. The molecule has 1 aliphatic heterocycles. The highest BCUT2D eigenvalue weighted by molar-refractivity contribution is 7.89. The molecule has 2 aromatic carbocycles. The third kappa shape index (κ3) is 5.53. The molecule has 0 radical (unpaired) electrons. The van der Waals surface area contributed by atoms with Crippen molar-refractivity contribution in [2.24, 2.45) is 0 Å². The lowest BCUT2D eigenvalue weighted by molar-refractivity contribution is -0.124. The van der Waals surface area contributed by atoms with Gasteiger partial charge in [-0.15, -0.1) is 0 Å². The molecule has 6 nitrogen and oxygen atoms in total. The number of rotatable bonds is 8. The lowest BCUT2D eigenvalue weighted by Crippen LogP contribution is -2.45. The Balaban J connectivity index is 1.70. The fraction of sp³-hybridized carbons (Fsp3) is 0.458. The molecule has 1 aliphatic rings. The summed E-state index contributed by atoms with van der Waals surface area (Å²) in [5, 5.41) is 2.98. The number of sulfonamides is 1. The molecule has 1 amide bonds. The zero-order chi connectivity index (χ0) is 22.6. The van der Waals surface area contributed by atoms with E-state index in [4.69, 9.17) is 0 Å². The Hall–Kier alpha value is -2.22. The number of nitrogens with one attached hydrogen (secondary N) is 1. The maximum absolute atomic E-state index is 13.1. The number of hydrogen-bond acceptors (Lipinski definition) is 4. The second-order valence-corrected chi connectivity index (χ2v) is 10.5. The summed E-state index contributed by atoms with van der Waals surface area (Å²) in [5.41, 5.74) is 3.21. The van der Waals surface area contributed by atoms with E-state index in [1.807, 2.05) is 25.1 Å². The summed E-state index contributed by atoms with van der Waals surface area (Å²) in [6.07, 6.45) is 1.22. The van der Waals surface area contributed by atoms with Gasteiger partial charge in [0.1, 0.15) is 6.04 Å². The van der Waals surface area contributed by atoms with Crippen LogP contribution in [0, 0.1) is 6.92 Å². The predicted octanol–water partition coefficient (Wildman–Crippen LogP) is 3.30. The van der Waals surface area contributed by atoms with Crippen molar-refractivity contribution < 1.29 is 13.2 Å². The topological polar surface area (TPSA) is 69.7 Å². The third-order valence-electron chi connectivity index (χ3n) is 6.01. The van der Waals surface area contributed by atoms with Crippen molar-refractivity contribution in [1.29, 1.82) is 0 Å². The molecule has 7 heteroatoms. The third-order valence-corrected chi connectivity index (χ3v) is 7.93. The summed E-state index contributed by atoms with van der Waals surface area (Å²) >= 11 is 0. The Labute approximate surface area is 186 Å². The molecule has 1 saturated heterocycles. The summed E-state index contributed by atoms with van der Waals surface area (Å²) in [6.45, 7) is 7.75. The highest BCUT2D eigenvalue weighted by Gasteiger charge is 2.39. The molecule has 0 saturated carbocycles. The van der Waals surface area contributed by atoms with E-state index in [-0.39, 0.29) is 10.8 Å². The average Bonchev–Trinajstić information content (AvgIpc) is 3.24. The molecular weight excluding hydrogens is 410 g/mol. The lowest BCUT2D eigenvalue weighted by atomic mass is 10.1. The molecule has 0 bridgehead atoms. The first-order valence-corrected chi connectivity index (χ1v) is 12.3. The standard InChI is InChI=1S/C24H33N3O3S/c1-18(2)26(4)17-21-9-6-5-8-20(21)16-25-24(28)23-10-7-15-27(23)31(29,30)22-13-11-19(3)12-14-22/h5-6,8-9,11-14,18,23H,7,10,15-17H2,1-4H3,(H,25,28)/t23-/m0/s1. The van der Waals surface area contributed by atoms with Gasteiger partial charge in [0.25, 0.3) is 0 Å². The minimum atomic E-state index is -3.70. The van der Waals surface area contributed by atoms with Crippen molar-refractivity contribution in [3.63, 3.8) is 0 Å². The Morgan fingerprint density at radius 2 is 1.77 bits per heavy atom. The van der Waals surface area contributed by atoms with Crippen LogP contribution < -0.4 is 5.32 Å². The van der Waals surface area contributed by atoms with Crippen LogP contribution in [0.25, 0.3) is 0 Å². The molecule has 1 fully saturated rings. The second-order valence-electron chi connectivity index (χ2n) is 8.58. The molecule has 3 rings (SSSR count). The molecule has 31 heavy (non-hydrogen) atoms. The Bertz CT molecular complexity index is 1000. The molecule has 168 valence electrons. The zero-order valence-electron chi connectivity index (χ0n) is 18.8. The van der Waals surface area contributed by atoms with E-state index in [2.05, 4.69) is 37.2 Å². The zero-order valence-corrected chi connectivity index (χ0v) is 19.7. The second kappa shape index (κ2) is 9.94. The molecule has 0 aromatic heterocycles. The first-order chi connectivity index (χ1) is 14.7. The average molecular weight is 444 g/mol. The molecule has 0 aliphatic carbocycles. The monoisotopic (exact) mass is 443 g/mol. The predicted molar refractivity (Wildman–Crippen MR) is 123 cm³/mol. The quantitative estimate of drug-likeness (QED) is 0.680. The number of hydrogen-bond donors (Lipinski definition) is 1. The van der Waals surface area contributed by atoms with Crippen LogP contribution in [0.3, 0.4) is 0 Å². The Morgan fingerprint density at radius 1 is 1.13 bits per heavy atom. The number of carbonyl (C=O) groups is 1. The Kier molecular flexibility index (Phi) is 7.51. The number of benzene rings is 2. The van der Waals surface area contributed by atoms with Crippen molar-refractivity contribution in [2.45, 2.75) is 63.7 Å². The van der Waals surface area contributed by atoms with E-state index in [1.165, 1.54) is 4.31 Å². The van der Waals surface area contributed by atoms with Gasteiger partial charge in [-0.1, -0.05) is 42.0 Å². The van der Waals surface area contributed by atoms with Gasteiger partial charge in [-0.2, -0.15) is 4.31 Å². The van der Waals surface area contributed by atoms with E-state index in [0.29, 0.717) is 32.0 Å². The van der Waals surface area contributed by atoms with E-state index >= 15 is 0 Å². The van der Waals surface area contributed by atoms with Gasteiger partial charge in [0, 0.05) is 25.7 Å². The van der Waals surface area contributed by atoms with E-state index < -0.39 is 16.1 Å². The number of amides is 1. The van der Waals surface area contributed by atoms with Crippen molar-refractivity contribution in [1.82, 2.24) is 14.5 Å². The SMILES string of the molecule is Cc1ccc(S(=O)(=O)N2CCC[C@H]2C(=O)NCc2ccccc2CN(C)C(C)C)cc1. The van der Waals surface area contributed by atoms with Crippen molar-refractivity contribution in [3.8, 4) is 0 Å². The summed E-state index contributed by atoms with van der Waals surface area (Å²) in [7, 11) is -1.62.